The molecule has 1 aromatic carbocycles. The second-order valence-corrected chi connectivity index (χ2v) is 8.54. The first kappa shape index (κ1) is 19.2. The van der Waals surface area contributed by atoms with Crippen molar-refractivity contribution in [3.8, 4) is 11.4 Å². The molecule has 1 aliphatic carbocycles. The van der Waals surface area contributed by atoms with Crippen LogP contribution in [0.1, 0.15) is 41.9 Å². The Hall–Kier alpha value is -1.17. The monoisotopic (exact) mass is 502 g/mol. The van der Waals surface area contributed by atoms with Gasteiger partial charge in [-0.3, -0.25) is 0 Å². The van der Waals surface area contributed by atoms with Gasteiger partial charge in [0, 0.05) is 32.2 Å². The first-order valence-corrected chi connectivity index (χ1v) is 12.0. The van der Waals surface area contributed by atoms with Crippen LogP contribution in [0.25, 0.3) is 11.4 Å². The first-order chi connectivity index (χ1) is 13.1. The van der Waals surface area contributed by atoms with Crippen LogP contribution in [-0.2, 0) is 19.3 Å². The number of rotatable bonds is 6. The minimum Gasteiger partial charge on any atom is -0.465 e. The van der Waals surface area contributed by atoms with Crippen LogP contribution in [0, 0.1) is 5.41 Å². The number of fused-ring (bicyclic) bond motifs is 3. The van der Waals surface area contributed by atoms with Crippen molar-refractivity contribution in [1.29, 1.82) is 0 Å². The Kier molecular flexibility index (Phi) is 5.45. The molecule has 1 aromatic heterocycles. The number of benzene rings is 1. The highest BCUT2D eigenvalue weighted by atomic mass is 127. The number of carbonyl (C=O) groups is 1. The summed E-state index contributed by atoms with van der Waals surface area (Å²) in [5, 5.41) is 4.12. The second kappa shape index (κ2) is 7.69. The van der Waals surface area contributed by atoms with Crippen molar-refractivity contribution in [3.05, 3.63) is 35.7 Å². The molecule has 5 rings (SSSR count). The van der Waals surface area contributed by atoms with E-state index in [0.717, 1.165) is 25.7 Å². The smallest absolute Gasteiger partial charge is 0.337 e. The van der Waals surface area contributed by atoms with Crippen LogP contribution in [0.15, 0.2) is 28.8 Å². The van der Waals surface area contributed by atoms with Crippen molar-refractivity contribution in [2.24, 2.45) is 5.41 Å². The largest absolute Gasteiger partial charge is 0.465 e. The van der Waals surface area contributed by atoms with Crippen molar-refractivity contribution in [2.75, 3.05) is 20.3 Å². The average molecular weight is 502 g/mol. The Balaban J connectivity index is 1.53. The third kappa shape index (κ3) is 3.62. The van der Waals surface area contributed by atoms with Crippen LogP contribution in [0.5, 0.6) is 0 Å². The topological polar surface area (TPSA) is 83.7 Å². The fraction of sp³-hybridized carbons (Fsp3) is 0.500. The average Bonchev–Trinajstić information content (AvgIpc) is 3.24. The Bertz CT molecular complexity index is 818. The van der Waals surface area contributed by atoms with Crippen molar-refractivity contribution < 1.29 is 23.0 Å². The van der Waals surface area contributed by atoms with E-state index in [1.54, 1.807) is 18.2 Å². The van der Waals surface area contributed by atoms with Crippen LogP contribution >= 0.6 is 30.4 Å². The van der Waals surface area contributed by atoms with Gasteiger partial charge in [-0.1, -0.05) is 17.3 Å². The van der Waals surface area contributed by atoms with Crippen LogP contribution < -0.4 is 0 Å². The summed E-state index contributed by atoms with van der Waals surface area (Å²) < 4.78 is 22.1. The molecule has 2 bridgehead atoms. The van der Waals surface area contributed by atoms with Gasteiger partial charge in [0.15, 0.2) is 0 Å². The lowest BCUT2D eigenvalue weighted by Gasteiger charge is -2.50. The lowest BCUT2D eigenvalue weighted by atomic mass is 9.66. The standard InChI is InChI=1S/C18H19IN2O5S/c1-23-15(22)13-4-2-3-12(9-13)14-20-16(26-21-14)18-7-5-17(6-8-18,10-24-18)11-25-27-19/h2-4,9H,5-8,10-11H2,1H3. The molecule has 0 amide bonds. The zero-order valence-corrected chi connectivity index (χ0v) is 17.7. The third-order valence-electron chi connectivity index (χ3n) is 5.54. The molecule has 1 saturated carbocycles. The number of aromatic nitrogens is 2. The number of carbonyl (C=O) groups excluding carboxylic acids is 1. The van der Waals surface area contributed by atoms with E-state index < -0.39 is 11.6 Å². The van der Waals surface area contributed by atoms with Gasteiger partial charge in [0.25, 0.3) is 5.89 Å². The SMILES string of the molecule is COC(=O)c1cccc(-c2noc(C34CCC(COSI)(CC3)CO4)n2)c1. The molecule has 144 valence electrons. The lowest BCUT2D eigenvalue weighted by Crippen LogP contribution is -2.51. The summed E-state index contributed by atoms with van der Waals surface area (Å²) in [5.41, 5.74) is 0.740. The maximum atomic E-state index is 11.7. The molecule has 3 aliphatic rings. The summed E-state index contributed by atoms with van der Waals surface area (Å²) >= 11 is 2.14. The van der Waals surface area contributed by atoms with Gasteiger partial charge in [-0.15, -0.1) is 0 Å². The van der Waals surface area contributed by atoms with Crippen molar-refractivity contribution in [1.82, 2.24) is 10.1 Å². The zero-order valence-electron chi connectivity index (χ0n) is 14.8. The fourth-order valence-electron chi connectivity index (χ4n) is 3.80. The molecule has 0 N–H and O–H groups in total. The Morgan fingerprint density at radius 1 is 1.33 bits per heavy atom. The van der Waals surface area contributed by atoms with Gasteiger partial charge in [-0.05, 0) is 37.8 Å². The summed E-state index contributed by atoms with van der Waals surface area (Å²) in [6, 6.07) is 7.00. The van der Waals surface area contributed by atoms with Crippen LogP contribution in [-0.4, -0.2) is 36.4 Å². The van der Waals surface area contributed by atoms with E-state index in [1.165, 1.54) is 16.3 Å². The van der Waals surface area contributed by atoms with Gasteiger partial charge in [0.05, 0.1) is 35.1 Å². The normalized spacial score (nSPS) is 26.9. The number of nitrogens with zero attached hydrogens (tertiary/aromatic N) is 2. The number of esters is 1. The van der Waals surface area contributed by atoms with Gasteiger partial charge in [-0.25, -0.2) is 4.79 Å². The number of hydrogen-bond acceptors (Lipinski definition) is 8. The summed E-state index contributed by atoms with van der Waals surface area (Å²) in [4.78, 5) is 16.3. The maximum Gasteiger partial charge on any atom is 0.337 e. The van der Waals surface area contributed by atoms with E-state index in [9.17, 15) is 4.79 Å². The van der Waals surface area contributed by atoms with Gasteiger partial charge in [0.1, 0.15) is 5.60 Å². The quantitative estimate of drug-likeness (QED) is 0.328. The number of ether oxygens (including phenoxy) is 2. The van der Waals surface area contributed by atoms with Crippen molar-refractivity contribution in [2.45, 2.75) is 31.3 Å². The molecule has 2 saturated heterocycles. The summed E-state index contributed by atoms with van der Waals surface area (Å²) in [7, 11) is 2.72. The van der Waals surface area contributed by atoms with Crippen molar-refractivity contribution >= 4 is 36.4 Å². The lowest BCUT2D eigenvalue weighted by molar-refractivity contribution is -0.207. The molecule has 2 aromatic rings. The highest BCUT2D eigenvalue weighted by molar-refractivity contribution is 14.2. The van der Waals surface area contributed by atoms with Crippen LogP contribution in [0.2, 0.25) is 0 Å². The predicted molar refractivity (Wildman–Crippen MR) is 107 cm³/mol. The van der Waals surface area contributed by atoms with E-state index >= 15 is 0 Å². The molecule has 2 aliphatic heterocycles. The summed E-state index contributed by atoms with van der Waals surface area (Å²) in [6.45, 7) is 1.34. The molecule has 9 heteroatoms. The second-order valence-electron chi connectivity index (χ2n) is 7.10. The highest BCUT2D eigenvalue weighted by Gasteiger charge is 2.53. The number of hydrogen-bond donors (Lipinski definition) is 0. The minimum atomic E-state index is -0.509. The van der Waals surface area contributed by atoms with E-state index in [2.05, 4.69) is 31.3 Å². The van der Waals surface area contributed by atoms with E-state index in [-0.39, 0.29) is 5.41 Å². The molecule has 3 fully saturated rings. The highest BCUT2D eigenvalue weighted by Crippen LogP contribution is 2.53. The van der Waals surface area contributed by atoms with Gasteiger partial charge in [0.2, 0.25) is 5.82 Å². The molecule has 27 heavy (non-hydrogen) atoms. The molecule has 0 atom stereocenters. The van der Waals surface area contributed by atoms with Crippen molar-refractivity contribution in [3.63, 3.8) is 0 Å². The first-order valence-electron chi connectivity index (χ1n) is 8.67. The maximum absolute atomic E-state index is 11.7. The number of methoxy groups -OCH3 is 1. The Morgan fingerprint density at radius 2 is 2.15 bits per heavy atom. The molecule has 0 spiro atoms. The fourth-order valence-corrected chi connectivity index (χ4v) is 4.48. The van der Waals surface area contributed by atoms with Gasteiger partial charge in [-0.2, -0.15) is 4.98 Å². The summed E-state index contributed by atoms with van der Waals surface area (Å²) in [5.74, 6) is 0.560. The Labute approximate surface area is 173 Å². The molecule has 0 unspecified atom stereocenters. The number of halogens is 1. The molecule has 0 radical (unpaired) electrons. The minimum absolute atomic E-state index is 0.0949. The molecular weight excluding hydrogens is 483 g/mol. The van der Waals surface area contributed by atoms with E-state index in [4.69, 9.17) is 18.2 Å². The van der Waals surface area contributed by atoms with Gasteiger partial charge >= 0.3 is 5.97 Å². The Morgan fingerprint density at radius 3 is 2.81 bits per heavy atom. The molecule has 7 nitrogen and oxygen atoms in total. The molecule has 3 heterocycles. The van der Waals surface area contributed by atoms with Gasteiger partial charge < -0.3 is 18.2 Å². The van der Waals surface area contributed by atoms with E-state index in [0.29, 0.717) is 36.1 Å². The zero-order chi connectivity index (χ0) is 18.9. The van der Waals surface area contributed by atoms with Crippen LogP contribution in [0.3, 0.4) is 0 Å². The van der Waals surface area contributed by atoms with E-state index in [1.807, 2.05) is 6.07 Å². The predicted octanol–water partition coefficient (Wildman–Crippen LogP) is 4.32. The summed E-state index contributed by atoms with van der Waals surface area (Å²) in [6.07, 6.45) is 3.71. The third-order valence-corrected chi connectivity index (χ3v) is 6.51. The van der Waals surface area contributed by atoms with Crippen LogP contribution in [0.4, 0.5) is 0 Å². The molecular formula is C18H19IN2O5S.